The second kappa shape index (κ2) is 6.49. The highest BCUT2D eigenvalue weighted by Gasteiger charge is 2.20. The van der Waals surface area contributed by atoms with Crippen LogP contribution in [0.4, 0.5) is 4.39 Å². The first kappa shape index (κ1) is 14.6. The van der Waals surface area contributed by atoms with Crippen molar-refractivity contribution in [3.05, 3.63) is 34.1 Å². The van der Waals surface area contributed by atoms with Crippen molar-refractivity contribution in [2.45, 2.75) is 25.8 Å². The summed E-state index contributed by atoms with van der Waals surface area (Å²) >= 11 is 3.07. The summed E-state index contributed by atoms with van der Waals surface area (Å²) in [6.45, 7) is 1.82. The van der Waals surface area contributed by atoms with Crippen molar-refractivity contribution in [2.75, 3.05) is 0 Å². The fourth-order valence-corrected chi connectivity index (χ4v) is 1.94. The summed E-state index contributed by atoms with van der Waals surface area (Å²) < 4.78 is 13.5. The Morgan fingerprint density at radius 3 is 2.61 bits per heavy atom. The van der Waals surface area contributed by atoms with Crippen molar-refractivity contribution in [2.24, 2.45) is 0 Å². The number of amides is 1. The number of carbonyl (C=O) groups is 2. The largest absolute Gasteiger partial charge is 0.480 e. The number of hydrogen-bond acceptors (Lipinski definition) is 2. The maximum absolute atomic E-state index is 13.1. The highest BCUT2D eigenvalue weighted by atomic mass is 79.9. The first-order valence-electron chi connectivity index (χ1n) is 5.43. The monoisotopic (exact) mass is 317 g/mol. The summed E-state index contributed by atoms with van der Waals surface area (Å²) in [4.78, 5) is 22.7. The SMILES string of the molecule is CCCC(NC(=O)c1cc(F)cc(Br)c1)C(=O)O. The number of halogens is 2. The van der Waals surface area contributed by atoms with E-state index in [0.717, 1.165) is 6.07 Å². The molecular weight excluding hydrogens is 305 g/mol. The van der Waals surface area contributed by atoms with E-state index in [1.807, 2.05) is 6.92 Å². The first-order chi connectivity index (χ1) is 8.43. The van der Waals surface area contributed by atoms with E-state index < -0.39 is 23.7 Å². The molecule has 0 spiro atoms. The van der Waals surface area contributed by atoms with Crippen LogP contribution < -0.4 is 5.32 Å². The fourth-order valence-electron chi connectivity index (χ4n) is 1.47. The van der Waals surface area contributed by atoms with Crippen molar-refractivity contribution in [3.63, 3.8) is 0 Å². The van der Waals surface area contributed by atoms with E-state index in [9.17, 15) is 14.0 Å². The lowest BCUT2D eigenvalue weighted by Crippen LogP contribution is -2.40. The molecule has 0 fully saturated rings. The smallest absolute Gasteiger partial charge is 0.326 e. The molecule has 1 amide bonds. The number of nitrogens with one attached hydrogen (secondary N) is 1. The van der Waals surface area contributed by atoms with E-state index >= 15 is 0 Å². The number of carboxylic acids is 1. The van der Waals surface area contributed by atoms with Crippen LogP contribution in [0.3, 0.4) is 0 Å². The summed E-state index contributed by atoms with van der Waals surface area (Å²) in [6, 6.07) is 2.76. The molecule has 18 heavy (non-hydrogen) atoms. The molecule has 0 bridgehead atoms. The second-order valence-electron chi connectivity index (χ2n) is 3.81. The second-order valence-corrected chi connectivity index (χ2v) is 4.73. The van der Waals surface area contributed by atoms with E-state index in [1.165, 1.54) is 12.1 Å². The van der Waals surface area contributed by atoms with Crippen LogP contribution in [0, 0.1) is 5.82 Å². The van der Waals surface area contributed by atoms with Gasteiger partial charge < -0.3 is 10.4 Å². The maximum Gasteiger partial charge on any atom is 0.326 e. The van der Waals surface area contributed by atoms with Gasteiger partial charge in [0.2, 0.25) is 0 Å². The Labute approximate surface area is 112 Å². The predicted octanol–water partition coefficient (Wildman–Crippen LogP) is 2.57. The molecule has 0 saturated heterocycles. The summed E-state index contributed by atoms with van der Waals surface area (Å²) in [5.41, 5.74) is 0.0872. The van der Waals surface area contributed by atoms with Crippen LogP contribution in [0.2, 0.25) is 0 Å². The van der Waals surface area contributed by atoms with Crippen molar-refractivity contribution < 1.29 is 19.1 Å². The van der Waals surface area contributed by atoms with Crippen LogP contribution in [0.15, 0.2) is 22.7 Å². The third-order valence-corrected chi connectivity index (χ3v) is 2.76. The third-order valence-electron chi connectivity index (χ3n) is 2.31. The van der Waals surface area contributed by atoms with Crippen LogP contribution >= 0.6 is 15.9 Å². The quantitative estimate of drug-likeness (QED) is 0.877. The van der Waals surface area contributed by atoms with E-state index in [1.54, 1.807) is 0 Å². The lowest BCUT2D eigenvalue weighted by Gasteiger charge is -2.13. The molecule has 1 unspecified atom stereocenters. The average molecular weight is 318 g/mol. The highest BCUT2D eigenvalue weighted by molar-refractivity contribution is 9.10. The Hall–Kier alpha value is -1.43. The molecule has 0 saturated carbocycles. The number of hydrogen-bond donors (Lipinski definition) is 2. The maximum atomic E-state index is 13.1. The Morgan fingerprint density at radius 1 is 1.44 bits per heavy atom. The minimum absolute atomic E-state index is 0.0872. The van der Waals surface area contributed by atoms with Crippen LogP contribution in [-0.2, 0) is 4.79 Å². The third kappa shape index (κ3) is 4.10. The van der Waals surface area contributed by atoms with E-state index in [-0.39, 0.29) is 5.56 Å². The van der Waals surface area contributed by atoms with Crippen molar-refractivity contribution in [3.8, 4) is 0 Å². The van der Waals surface area contributed by atoms with Gasteiger partial charge >= 0.3 is 5.97 Å². The number of rotatable bonds is 5. The molecule has 1 aromatic rings. The van der Waals surface area contributed by atoms with Gasteiger partial charge in [0.25, 0.3) is 5.91 Å². The molecule has 0 aliphatic rings. The van der Waals surface area contributed by atoms with Crippen LogP contribution in [0.1, 0.15) is 30.1 Å². The summed E-state index contributed by atoms with van der Waals surface area (Å²) in [5, 5.41) is 11.3. The number of aliphatic carboxylic acids is 1. The average Bonchev–Trinajstić information content (AvgIpc) is 2.26. The molecule has 98 valence electrons. The number of benzene rings is 1. The van der Waals surface area contributed by atoms with Gasteiger partial charge in [-0.05, 0) is 24.6 Å². The summed E-state index contributed by atoms with van der Waals surface area (Å²) in [5.74, 6) is -2.26. The topological polar surface area (TPSA) is 66.4 Å². The zero-order valence-electron chi connectivity index (χ0n) is 9.74. The summed E-state index contributed by atoms with van der Waals surface area (Å²) in [6.07, 6.45) is 0.960. The normalized spacial score (nSPS) is 11.9. The molecule has 6 heteroatoms. The van der Waals surface area contributed by atoms with Crippen molar-refractivity contribution >= 4 is 27.8 Å². The molecule has 0 aliphatic carbocycles. The minimum Gasteiger partial charge on any atom is -0.480 e. The fraction of sp³-hybridized carbons (Fsp3) is 0.333. The molecule has 0 aliphatic heterocycles. The highest BCUT2D eigenvalue weighted by Crippen LogP contribution is 2.15. The standard InChI is InChI=1S/C12H13BrFNO3/c1-2-3-10(12(17)18)15-11(16)7-4-8(13)6-9(14)5-7/h4-6,10H,2-3H2,1H3,(H,15,16)(H,17,18). The number of carboxylic acid groups (broad SMARTS) is 1. The molecule has 2 N–H and O–H groups in total. The van der Waals surface area contributed by atoms with Gasteiger partial charge in [-0.1, -0.05) is 29.3 Å². The van der Waals surface area contributed by atoms with Gasteiger partial charge in [0.05, 0.1) is 0 Å². The van der Waals surface area contributed by atoms with E-state index in [0.29, 0.717) is 17.3 Å². The van der Waals surface area contributed by atoms with Crippen LogP contribution in [0.25, 0.3) is 0 Å². The van der Waals surface area contributed by atoms with Gasteiger partial charge in [0.15, 0.2) is 0 Å². The van der Waals surface area contributed by atoms with E-state index in [2.05, 4.69) is 21.2 Å². The van der Waals surface area contributed by atoms with Gasteiger partial charge in [-0.15, -0.1) is 0 Å². The first-order valence-corrected chi connectivity index (χ1v) is 6.23. The van der Waals surface area contributed by atoms with Gasteiger partial charge in [0, 0.05) is 10.0 Å². The van der Waals surface area contributed by atoms with Gasteiger partial charge in [0.1, 0.15) is 11.9 Å². The van der Waals surface area contributed by atoms with Gasteiger partial charge in [-0.3, -0.25) is 4.79 Å². The lowest BCUT2D eigenvalue weighted by atomic mass is 10.1. The molecule has 0 aromatic heterocycles. The van der Waals surface area contributed by atoms with E-state index in [4.69, 9.17) is 5.11 Å². The van der Waals surface area contributed by atoms with Gasteiger partial charge in [-0.25, -0.2) is 9.18 Å². The zero-order chi connectivity index (χ0) is 13.7. The Kier molecular flexibility index (Phi) is 5.27. The lowest BCUT2D eigenvalue weighted by molar-refractivity contribution is -0.139. The Bertz CT molecular complexity index is 444. The Morgan fingerprint density at radius 2 is 2.11 bits per heavy atom. The van der Waals surface area contributed by atoms with Crippen molar-refractivity contribution in [1.29, 1.82) is 0 Å². The molecule has 1 rings (SSSR count). The molecular formula is C12H13BrFNO3. The zero-order valence-corrected chi connectivity index (χ0v) is 11.3. The predicted molar refractivity (Wildman–Crippen MR) is 67.9 cm³/mol. The molecule has 0 heterocycles. The molecule has 0 radical (unpaired) electrons. The molecule has 4 nitrogen and oxygen atoms in total. The molecule has 1 aromatic carbocycles. The van der Waals surface area contributed by atoms with Crippen LogP contribution in [0.5, 0.6) is 0 Å². The summed E-state index contributed by atoms with van der Waals surface area (Å²) in [7, 11) is 0. The molecule has 1 atom stereocenters. The van der Waals surface area contributed by atoms with Gasteiger partial charge in [-0.2, -0.15) is 0 Å². The number of carbonyl (C=O) groups excluding carboxylic acids is 1. The minimum atomic E-state index is -1.10. The van der Waals surface area contributed by atoms with Crippen LogP contribution in [-0.4, -0.2) is 23.0 Å². The van der Waals surface area contributed by atoms with Crippen molar-refractivity contribution in [1.82, 2.24) is 5.32 Å². The Balaban J connectivity index is 2.83.